The van der Waals surface area contributed by atoms with Crippen LogP contribution in [0.15, 0.2) is 48.7 Å². The molecule has 0 spiro atoms. The summed E-state index contributed by atoms with van der Waals surface area (Å²) in [4.78, 5) is 19.1. The first-order chi connectivity index (χ1) is 13.4. The fourth-order valence-electron chi connectivity index (χ4n) is 3.42. The topological polar surface area (TPSA) is 84.7 Å². The van der Waals surface area contributed by atoms with E-state index in [1.807, 2.05) is 12.1 Å². The summed E-state index contributed by atoms with van der Waals surface area (Å²) >= 11 is 0. The van der Waals surface area contributed by atoms with Crippen LogP contribution in [0.3, 0.4) is 0 Å². The van der Waals surface area contributed by atoms with Crippen molar-refractivity contribution < 1.29 is 24.5 Å². The van der Waals surface area contributed by atoms with Crippen molar-refractivity contribution in [3.05, 3.63) is 70.5 Å². The van der Waals surface area contributed by atoms with Gasteiger partial charge < -0.3 is 19.7 Å². The highest BCUT2D eigenvalue weighted by Gasteiger charge is 2.59. The van der Waals surface area contributed by atoms with Gasteiger partial charge in [0.05, 0.1) is 25.6 Å². The third-order valence-electron chi connectivity index (χ3n) is 4.91. The van der Waals surface area contributed by atoms with Crippen LogP contribution in [-0.2, 0) is 16.0 Å². The molecule has 7 heteroatoms. The molecule has 0 aromatic heterocycles. The van der Waals surface area contributed by atoms with E-state index in [0.29, 0.717) is 5.75 Å². The number of hydrogen-bond acceptors (Lipinski definition) is 5. The number of nitrogens with zero attached hydrogens (tertiary/aromatic N) is 2. The van der Waals surface area contributed by atoms with Crippen molar-refractivity contribution in [1.29, 1.82) is 0 Å². The van der Waals surface area contributed by atoms with E-state index in [-0.39, 0.29) is 18.5 Å². The number of aliphatic hydroxyl groups excluding tert-OH is 2. The second kappa shape index (κ2) is 9.18. The predicted octanol–water partition coefficient (Wildman–Crippen LogP) is 2.21. The normalized spacial score (nSPS) is 23.0. The van der Waals surface area contributed by atoms with Crippen LogP contribution in [0.25, 0.3) is 9.69 Å². The van der Waals surface area contributed by atoms with Crippen LogP contribution in [0, 0.1) is 19.1 Å². The van der Waals surface area contributed by atoms with E-state index >= 15 is 0 Å². The number of aliphatic hydroxyl groups is 2. The fraction of sp³-hybridized carbons (Fsp3) is 0.381. The highest BCUT2D eigenvalue weighted by atomic mass is 16.6. The maximum absolute atomic E-state index is 11.7. The molecule has 146 valence electrons. The number of benzene rings is 1. The van der Waals surface area contributed by atoms with Gasteiger partial charge in [0.25, 0.3) is 6.57 Å². The Morgan fingerprint density at radius 3 is 2.61 bits per heavy atom. The standard InChI is InChI=1S/C21H23N2O5/c1-14(22-2)21(23-3,12-15-5-8-17(27-4)9-6-15)18-11-16(25)7-10-19(18)28-20(26)13-24/h2,5-10,16,18-19,24-25H,1,11-13H2,4H3/q+1. The Morgan fingerprint density at radius 2 is 2.07 bits per heavy atom. The Bertz CT molecular complexity index is 834. The van der Waals surface area contributed by atoms with E-state index in [1.54, 1.807) is 19.2 Å². The van der Waals surface area contributed by atoms with Crippen LogP contribution in [0.4, 0.5) is 0 Å². The van der Waals surface area contributed by atoms with Crippen LogP contribution in [0.1, 0.15) is 12.0 Å². The number of ether oxygens (including phenoxy) is 2. The van der Waals surface area contributed by atoms with E-state index in [1.165, 1.54) is 12.2 Å². The van der Waals surface area contributed by atoms with Crippen molar-refractivity contribution in [2.24, 2.45) is 5.92 Å². The second-order valence-electron chi connectivity index (χ2n) is 6.54. The van der Waals surface area contributed by atoms with Gasteiger partial charge in [0.1, 0.15) is 18.5 Å². The van der Waals surface area contributed by atoms with Crippen molar-refractivity contribution >= 4 is 5.97 Å². The largest absolute Gasteiger partial charge is 0.497 e. The zero-order valence-corrected chi connectivity index (χ0v) is 15.6. The van der Waals surface area contributed by atoms with Gasteiger partial charge in [0.2, 0.25) is 0 Å². The smallest absolute Gasteiger partial charge is 0.394 e. The molecule has 4 atom stereocenters. The highest BCUT2D eigenvalue weighted by molar-refractivity contribution is 5.70. The molecule has 2 rings (SSSR count). The maximum Gasteiger partial charge on any atom is 0.394 e. The number of rotatable bonds is 7. The van der Waals surface area contributed by atoms with Crippen LogP contribution in [-0.4, -0.2) is 47.6 Å². The minimum atomic E-state index is -1.35. The van der Waals surface area contributed by atoms with Crippen LogP contribution in [0.5, 0.6) is 5.75 Å². The summed E-state index contributed by atoms with van der Waals surface area (Å²) in [6, 6.07) is 7.16. The Kier molecular flexibility index (Phi) is 6.94. The van der Waals surface area contributed by atoms with Gasteiger partial charge in [-0.1, -0.05) is 18.2 Å². The zero-order valence-electron chi connectivity index (χ0n) is 15.6. The lowest BCUT2D eigenvalue weighted by atomic mass is 9.70. The molecule has 4 unspecified atom stereocenters. The summed E-state index contributed by atoms with van der Waals surface area (Å²) < 4.78 is 10.5. The molecule has 0 radical (unpaired) electrons. The zero-order chi connectivity index (χ0) is 20.7. The number of methoxy groups -OCH3 is 1. The quantitative estimate of drug-likeness (QED) is 0.428. The third-order valence-corrected chi connectivity index (χ3v) is 4.91. The average molecular weight is 383 g/mol. The van der Waals surface area contributed by atoms with E-state index in [9.17, 15) is 9.90 Å². The molecule has 7 nitrogen and oxygen atoms in total. The molecule has 28 heavy (non-hydrogen) atoms. The van der Waals surface area contributed by atoms with Crippen molar-refractivity contribution in [3.63, 3.8) is 0 Å². The van der Waals surface area contributed by atoms with Crippen LogP contribution < -0.4 is 4.74 Å². The SMILES string of the molecule is [C-]#[N+]C(Cc1ccc(OC)cc1)(C(=C)[N+]#C)C1CC(O)C=CC1OC(=O)CO. The van der Waals surface area contributed by atoms with Gasteiger partial charge in [0, 0.05) is 0 Å². The summed E-state index contributed by atoms with van der Waals surface area (Å²) in [5, 5.41) is 19.2. The Morgan fingerprint density at radius 1 is 1.39 bits per heavy atom. The molecule has 0 saturated carbocycles. The minimum Gasteiger partial charge on any atom is -0.497 e. The molecule has 0 bridgehead atoms. The highest BCUT2D eigenvalue weighted by Crippen LogP contribution is 2.42. The maximum atomic E-state index is 11.7. The molecule has 1 aromatic carbocycles. The lowest BCUT2D eigenvalue weighted by Crippen LogP contribution is -2.48. The molecule has 2 N–H and O–H groups in total. The van der Waals surface area contributed by atoms with Gasteiger partial charge in [-0.15, -0.1) is 0 Å². The summed E-state index contributed by atoms with van der Waals surface area (Å²) in [7, 11) is 1.56. The summed E-state index contributed by atoms with van der Waals surface area (Å²) in [5.74, 6) is -0.817. The monoisotopic (exact) mass is 383 g/mol. The molecule has 1 aliphatic carbocycles. The number of hydrogen-bond donors (Lipinski definition) is 2. The van der Waals surface area contributed by atoms with Crippen LogP contribution >= 0.6 is 0 Å². The number of carbonyl (C=O) groups excluding carboxylic acids is 1. The summed E-state index contributed by atoms with van der Waals surface area (Å²) in [6.45, 7) is 16.5. The van der Waals surface area contributed by atoms with E-state index in [2.05, 4.69) is 16.3 Å². The van der Waals surface area contributed by atoms with Gasteiger partial charge in [-0.2, -0.15) is 0 Å². The number of carbonyl (C=O) groups is 1. The Balaban J connectivity index is 2.48. The van der Waals surface area contributed by atoms with Crippen molar-refractivity contribution in [2.45, 2.75) is 30.6 Å². The van der Waals surface area contributed by atoms with Crippen molar-refractivity contribution in [1.82, 2.24) is 0 Å². The van der Waals surface area contributed by atoms with E-state index in [0.717, 1.165) is 5.56 Å². The van der Waals surface area contributed by atoms with E-state index < -0.39 is 36.2 Å². The predicted molar refractivity (Wildman–Crippen MR) is 104 cm³/mol. The molecular weight excluding hydrogens is 360 g/mol. The molecule has 0 saturated heterocycles. The molecular formula is C21H23N2O5+. The van der Waals surface area contributed by atoms with Crippen LogP contribution in [0.2, 0.25) is 0 Å². The first-order valence-electron chi connectivity index (χ1n) is 8.68. The molecule has 0 aliphatic heterocycles. The van der Waals surface area contributed by atoms with Crippen molar-refractivity contribution in [2.75, 3.05) is 13.7 Å². The molecule has 0 amide bonds. The Labute approximate surface area is 164 Å². The first kappa shape index (κ1) is 21.2. The van der Waals surface area contributed by atoms with Gasteiger partial charge in [-0.05, 0) is 41.6 Å². The summed E-state index contributed by atoms with van der Waals surface area (Å²) in [5.41, 5.74) is -0.427. The number of esters is 1. The lowest BCUT2D eigenvalue weighted by molar-refractivity contribution is -0.154. The van der Waals surface area contributed by atoms with E-state index in [4.69, 9.17) is 27.7 Å². The van der Waals surface area contributed by atoms with Gasteiger partial charge in [0.15, 0.2) is 0 Å². The van der Waals surface area contributed by atoms with Gasteiger partial charge in [-0.3, -0.25) is 4.85 Å². The van der Waals surface area contributed by atoms with Gasteiger partial charge in [-0.25, -0.2) is 11.4 Å². The fourth-order valence-corrected chi connectivity index (χ4v) is 3.42. The van der Waals surface area contributed by atoms with Crippen molar-refractivity contribution in [3.8, 4) is 12.3 Å². The lowest BCUT2D eigenvalue weighted by Gasteiger charge is -2.34. The van der Waals surface area contributed by atoms with Gasteiger partial charge >= 0.3 is 17.2 Å². The molecule has 0 fully saturated rings. The minimum absolute atomic E-state index is 0.121. The summed E-state index contributed by atoms with van der Waals surface area (Å²) in [6.07, 6.45) is 1.69. The average Bonchev–Trinajstić information content (AvgIpc) is 2.73. The Hall–Kier alpha value is -3.13. The molecule has 1 aromatic rings. The molecule has 1 aliphatic rings. The second-order valence-corrected chi connectivity index (χ2v) is 6.54. The first-order valence-corrected chi connectivity index (χ1v) is 8.68. The molecule has 0 heterocycles. The third kappa shape index (κ3) is 4.40.